The zero-order chi connectivity index (χ0) is 20.4. The Balaban J connectivity index is 1.71. The summed E-state index contributed by atoms with van der Waals surface area (Å²) in [6.45, 7) is 13.2. The van der Waals surface area contributed by atoms with Gasteiger partial charge < -0.3 is 18.7 Å². The van der Waals surface area contributed by atoms with Gasteiger partial charge in [-0.1, -0.05) is 32.4 Å². The molecule has 0 N–H and O–H groups in total. The molecular formula is C23H40O4Si. The molecule has 3 aliphatic rings. The molecule has 5 unspecified atom stereocenters. The minimum absolute atomic E-state index is 0.0484. The van der Waals surface area contributed by atoms with Crippen LogP contribution in [-0.4, -0.2) is 40.2 Å². The van der Waals surface area contributed by atoms with Gasteiger partial charge in [0.1, 0.15) is 6.29 Å². The molecule has 0 aromatic heterocycles. The van der Waals surface area contributed by atoms with Crippen LogP contribution in [0, 0.1) is 17.8 Å². The van der Waals surface area contributed by atoms with Crippen LogP contribution in [0.25, 0.3) is 0 Å². The molecular weight excluding hydrogens is 368 g/mol. The van der Waals surface area contributed by atoms with Crippen molar-refractivity contribution >= 4 is 14.6 Å². The summed E-state index contributed by atoms with van der Waals surface area (Å²) in [6.07, 6.45) is 10.8. The van der Waals surface area contributed by atoms with Crippen LogP contribution in [0.4, 0.5) is 0 Å². The molecule has 0 amide bonds. The number of ether oxygens (including phenoxy) is 2. The monoisotopic (exact) mass is 408 g/mol. The molecule has 2 aliphatic carbocycles. The first-order valence-corrected chi connectivity index (χ1v) is 14.2. The zero-order valence-electron chi connectivity index (χ0n) is 18.5. The van der Waals surface area contributed by atoms with Crippen LogP contribution in [0.5, 0.6) is 0 Å². The normalized spacial score (nSPS) is 34.0. The molecule has 0 aromatic carbocycles. The molecule has 5 heteroatoms. The second-order valence-electron chi connectivity index (χ2n) is 10.5. The molecule has 2 fully saturated rings. The van der Waals surface area contributed by atoms with E-state index in [0.29, 0.717) is 24.2 Å². The van der Waals surface area contributed by atoms with Crippen molar-refractivity contribution in [2.45, 2.75) is 96.2 Å². The topological polar surface area (TPSA) is 44.8 Å². The van der Waals surface area contributed by atoms with Crippen molar-refractivity contribution in [3.63, 3.8) is 0 Å². The van der Waals surface area contributed by atoms with Crippen molar-refractivity contribution in [3.05, 3.63) is 11.6 Å². The average Bonchev–Trinajstić information content (AvgIpc) is 2.96. The van der Waals surface area contributed by atoms with Crippen LogP contribution >= 0.6 is 0 Å². The maximum absolute atomic E-state index is 11.0. The van der Waals surface area contributed by atoms with Crippen LogP contribution in [0.15, 0.2) is 11.6 Å². The Kier molecular flexibility index (Phi) is 7.22. The lowest BCUT2D eigenvalue weighted by Gasteiger charge is -2.39. The summed E-state index contributed by atoms with van der Waals surface area (Å²) in [5.74, 6) is 1.55. The summed E-state index contributed by atoms with van der Waals surface area (Å²) < 4.78 is 19.1. The summed E-state index contributed by atoms with van der Waals surface area (Å²) in [5.41, 5.74) is 1.31. The summed E-state index contributed by atoms with van der Waals surface area (Å²) in [7, 11) is -1.79. The Bertz CT molecular complexity index is 559. The van der Waals surface area contributed by atoms with Crippen LogP contribution in [-0.2, 0) is 18.7 Å². The minimum Gasteiger partial charge on any atom is -0.416 e. The summed E-state index contributed by atoms with van der Waals surface area (Å²) in [5, 5.41) is 0.220. The van der Waals surface area contributed by atoms with E-state index >= 15 is 0 Å². The molecule has 1 aliphatic heterocycles. The van der Waals surface area contributed by atoms with Gasteiger partial charge in [-0.15, -0.1) is 0 Å². The smallest absolute Gasteiger partial charge is 0.191 e. The fourth-order valence-electron chi connectivity index (χ4n) is 4.77. The highest BCUT2D eigenvalue weighted by molar-refractivity contribution is 6.74. The number of carbonyl (C=O) groups is 1. The molecule has 1 heterocycles. The van der Waals surface area contributed by atoms with Crippen molar-refractivity contribution in [3.8, 4) is 0 Å². The van der Waals surface area contributed by atoms with E-state index in [1.165, 1.54) is 12.0 Å². The molecule has 5 atom stereocenters. The Morgan fingerprint density at radius 1 is 1.25 bits per heavy atom. The first-order valence-electron chi connectivity index (χ1n) is 11.3. The van der Waals surface area contributed by atoms with Crippen LogP contribution < -0.4 is 0 Å². The number of fused-ring (bicyclic) bond motifs is 1. The van der Waals surface area contributed by atoms with Gasteiger partial charge >= 0.3 is 0 Å². The van der Waals surface area contributed by atoms with E-state index < -0.39 is 8.32 Å². The number of hydrogen-bond donors (Lipinski definition) is 0. The van der Waals surface area contributed by atoms with E-state index in [1.807, 2.05) is 0 Å². The number of aldehydes is 1. The quantitative estimate of drug-likeness (QED) is 0.318. The van der Waals surface area contributed by atoms with Gasteiger partial charge in [0.2, 0.25) is 0 Å². The predicted molar refractivity (Wildman–Crippen MR) is 115 cm³/mol. The number of allylic oxidation sites excluding steroid dienone is 2. The van der Waals surface area contributed by atoms with E-state index in [-0.39, 0.29) is 17.4 Å². The Hall–Kier alpha value is -0.493. The third kappa shape index (κ3) is 5.16. The molecule has 1 saturated heterocycles. The Labute approximate surface area is 172 Å². The summed E-state index contributed by atoms with van der Waals surface area (Å²) in [6, 6.07) is 0. The molecule has 0 radical (unpaired) electrons. The highest BCUT2D eigenvalue weighted by Crippen LogP contribution is 2.48. The molecule has 0 aromatic rings. The first kappa shape index (κ1) is 22.2. The van der Waals surface area contributed by atoms with Crippen LogP contribution in [0.1, 0.15) is 65.7 Å². The van der Waals surface area contributed by atoms with Crippen LogP contribution in [0.3, 0.4) is 0 Å². The number of rotatable bonds is 7. The lowest BCUT2D eigenvalue weighted by Crippen LogP contribution is -2.44. The van der Waals surface area contributed by atoms with Crippen molar-refractivity contribution < 1.29 is 18.7 Å². The predicted octanol–water partition coefficient (Wildman–Crippen LogP) is 5.48. The lowest BCUT2D eigenvalue weighted by atomic mass is 9.79. The van der Waals surface area contributed by atoms with E-state index in [4.69, 9.17) is 13.9 Å². The van der Waals surface area contributed by atoms with Gasteiger partial charge in [0.05, 0.1) is 6.10 Å². The van der Waals surface area contributed by atoms with Gasteiger partial charge in [0, 0.05) is 25.6 Å². The Morgan fingerprint density at radius 2 is 2.04 bits per heavy atom. The van der Waals surface area contributed by atoms with Gasteiger partial charge in [-0.2, -0.15) is 0 Å². The van der Waals surface area contributed by atoms with Gasteiger partial charge in [0.15, 0.2) is 14.6 Å². The van der Waals surface area contributed by atoms with Gasteiger partial charge in [-0.25, -0.2) is 0 Å². The fraction of sp³-hybridized carbons (Fsp3) is 0.870. The van der Waals surface area contributed by atoms with E-state index in [2.05, 4.69) is 39.9 Å². The molecule has 0 spiro atoms. The van der Waals surface area contributed by atoms with Crippen LogP contribution in [0.2, 0.25) is 18.1 Å². The largest absolute Gasteiger partial charge is 0.416 e. The third-order valence-electron chi connectivity index (χ3n) is 7.58. The highest BCUT2D eigenvalue weighted by Gasteiger charge is 2.47. The second kappa shape index (κ2) is 9.11. The molecule has 4 nitrogen and oxygen atoms in total. The molecule has 3 rings (SSSR count). The lowest BCUT2D eigenvalue weighted by molar-refractivity contribution is -0.197. The van der Waals surface area contributed by atoms with E-state index in [0.717, 1.165) is 51.6 Å². The van der Waals surface area contributed by atoms with Gasteiger partial charge in [-0.05, 0) is 68.5 Å². The standard InChI is InChI=1S/C23H40O4Si/c1-23(2,3)28(4,5)26-16-20-19-10-9-17(11-12-24)14-18(19)15-21(20)27-22-8-6-7-13-25-22/h12,14,18-22H,6-11,13,15-16H2,1-5H3. The maximum Gasteiger partial charge on any atom is 0.191 e. The van der Waals surface area contributed by atoms with Crippen molar-refractivity contribution in [2.75, 3.05) is 13.2 Å². The minimum atomic E-state index is -1.79. The maximum atomic E-state index is 11.0. The highest BCUT2D eigenvalue weighted by atomic mass is 28.4. The number of hydrogen-bond acceptors (Lipinski definition) is 4. The average molecular weight is 409 g/mol. The number of carbonyl (C=O) groups excluding carboxylic acids is 1. The summed E-state index contributed by atoms with van der Waals surface area (Å²) in [4.78, 5) is 11.0. The molecule has 160 valence electrons. The summed E-state index contributed by atoms with van der Waals surface area (Å²) >= 11 is 0. The molecule has 28 heavy (non-hydrogen) atoms. The van der Waals surface area contributed by atoms with Crippen molar-refractivity contribution in [2.24, 2.45) is 17.8 Å². The SMILES string of the molecule is CC(C)(C)[Si](C)(C)OCC1C(OC2CCCCO2)CC2C=C(CC=O)CCC21. The van der Waals surface area contributed by atoms with Gasteiger partial charge in [0.25, 0.3) is 0 Å². The first-order chi connectivity index (χ1) is 13.2. The Morgan fingerprint density at radius 3 is 2.68 bits per heavy atom. The van der Waals surface area contributed by atoms with E-state index in [9.17, 15) is 4.79 Å². The zero-order valence-corrected chi connectivity index (χ0v) is 19.5. The van der Waals surface area contributed by atoms with Gasteiger partial charge in [-0.3, -0.25) is 0 Å². The van der Waals surface area contributed by atoms with Crippen molar-refractivity contribution in [1.29, 1.82) is 0 Å². The van der Waals surface area contributed by atoms with Crippen molar-refractivity contribution in [1.82, 2.24) is 0 Å². The van der Waals surface area contributed by atoms with E-state index in [1.54, 1.807) is 0 Å². The third-order valence-corrected chi connectivity index (χ3v) is 12.1. The molecule has 1 saturated carbocycles. The second-order valence-corrected chi connectivity index (χ2v) is 15.3. The fourth-order valence-corrected chi connectivity index (χ4v) is 5.81. The molecule has 0 bridgehead atoms.